The van der Waals surface area contributed by atoms with E-state index in [0.717, 1.165) is 32.5 Å². The van der Waals surface area contributed by atoms with Crippen LogP contribution in [0.3, 0.4) is 0 Å². The van der Waals surface area contributed by atoms with Gasteiger partial charge in [0.2, 0.25) is 0 Å². The molecule has 0 unspecified atom stereocenters. The van der Waals surface area contributed by atoms with Gasteiger partial charge in [-0.15, -0.1) is 11.8 Å². The van der Waals surface area contributed by atoms with E-state index in [0.29, 0.717) is 4.88 Å². The molecule has 7 heteroatoms. The highest BCUT2D eigenvalue weighted by atomic mass is 32.2. The number of carbonyl (C=O) groups is 1. The lowest BCUT2D eigenvalue weighted by Crippen LogP contribution is -2.12. The minimum atomic E-state index is -0.277. The molecule has 0 spiro atoms. The van der Waals surface area contributed by atoms with Crippen molar-refractivity contribution in [2.75, 3.05) is 11.6 Å². The van der Waals surface area contributed by atoms with Gasteiger partial charge in [0, 0.05) is 22.3 Å². The zero-order valence-electron chi connectivity index (χ0n) is 14.7. The summed E-state index contributed by atoms with van der Waals surface area (Å²) < 4.78 is 15.0. The Morgan fingerprint density at radius 1 is 1.19 bits per heavy atom. The third kappa shape index (κ3) is 3.36. The molecule has 1 N–H and O–H groups in total. The second-order valence-corrected chi connectivity index (χ2v) is 7.78. The van der Waals surface area contributed by atoms with Gasteiger partial charge in [0.1, 0.15) is 10.7 Å². The standard InChI is InChI=1S/C20H16FN3OS2/c1-12-18(19(25)22-15-5-3-4-6-17(15)26-2)27-20-23-16(11-24(12)20)13-7-9-14(21)10-8-13/h3-11H,1-2H3,(H,22,25). The fraction of sp³-hybridized carbons (Fsp3) is 0.100. The van der Waals surface area contributed by atoms with Crippen LogP contribution in [0.15, 0.2) is 59.6 Å². The third-order valence-electron chi connectivity index (χ3n) is 4.26. The molecule has 2 heterocycles. The van der Waals surface area contributed by atoms with Crippen LogP contribution in [0.4, 0.5) is 10.1 Å². The van der Waals surface area contributed by atoms with E-state index in [2.05, 4.69) is 10.3 Å². The minimum Gasteiger partial charge on any atom is -0.320 e. The molecule has 0 radical (unpaired) electrons. The maximum Gasteiger partial charge on any atom is 0.267 e. The Morgan fingerprint density at radius 2 is 1.93 bits per heavy atom. The first-order valence-corrected chi connectivity index (χ1v) is 10.3. The molecule has 0 fully saturated rings. The van der Waals surface area contributed by atoms with Crippen LogP contribution in [-0.2, 0) is 0 Å². The van der Waals surface area contributed by atoms with E-state index in [1.807, 2.05) is 48.0 Å². The number of hydrogen-bond donors (Lipinski definition) is 1. The summed E-state index contributed by atoms with van der Waals surface area (Å²) in [5.74, 6) is -0.423. The van der Waals surface area contributed by atoms with E-state index in [-0.39, 0.29) is 11.7 Å². The molecule has 4 rings (SSSR count). The quantitative estimate of drug-likeness (QED) is 0.464. The Hall–Kier alpha value is -2.64. The number of nitrogens with zero attached hydrogens (tertiary/aromatic N) is 2. The van der Waals surface area contributed by atoms with Gasteiger partial charge in [-0.3, -0.25) is 9.20 Å². The Labute approximate surface area is 164 Å². The fourth-order valence-corrected chi connectivity index (χ4v) is 4.41. The number of carbonyl (C=O) groups excluding carboxylic acids is 1. The number of aromatic nitrogens is 2. The van der Waals surface area contributed by atoms with Gasteiger partial charge in [-0.25, -0.2) is 9.37 Å². The van der Waals surface area contributed by atoms with Gasteiger partial charge in [0.05, 0.1) is 11.4 Å². The summed E-state index contributed by atoms with van der Waals surface area (Å²) in [5.41, 5.74) is 3.22. The van der Waals surface area contributed by atoms with Gasteiger partial charge in [-0.05, 0) is 49.6 Å². The number of benzene rings is 2. The summed E-state index contributed by atoms with van der Waals surface area (Å²) in [6.07, 6.45) is 3.85. The number of aryl methyl sites for hydroxylation is 1. The molecular weight excluding hydrogens is 381 g/mol. The summed E-state index contributed by atoms with van der Waals surface area (Å²) >= 11 is 2.93. The van der Waals surface area contributed by atoms with Gasteiger partial charge in [-0.2, -0.15) is 0 Å². The van der Waals surface area contributed by atoms with E-state index < -0.39 is 0 Å². The summed E-state index contributed by atoms with van der Waals surface area (Å²) in [6.45, 7) is 1.90. The normalized spacial score (nSPS) is 11.1. The lowest BCUT2D eigenvalue weighted by molar-refractivity contribution is 0.102. The number of fused-ring (bicyclic) bond motifs is 1. The summed E-state index contributed by atoms with van der Waals surface area (Å²) in [5, 5.41) is 2.99. The molecule has 0 saturated carbocycles. The molecule has 4 nitrogen and oxygen atoms in total. The molecule has 0 aliphatic carbocycles. The van der Waals surface area contributed by atoms with Crippen molar-refractivity contribution in [1.29, 1.82) is 0 Å². The van der Waals surface area contributed by atoms with Crippen molar-refractivity contribution in [2.45, 2.75) is 11.8 Å². The minimum absolute atomic E-state index is 0.146. The van der Waals surface area contributed by atoms with Crippen LogP contribution in [0.5, 0.6) is 0 Å². The van der Waals surface area contributed by atoms with Gasteiger partial charge in [0.15, 0.2) is 4.96 Å². The average Bonchev–Trinajstić information content (AvgIpc) is 3.22. The van der Waals surface area contributed by atoms with E-state index in [1.165, 1.54) is 23.5 Å². The van der Waals surface area contributed by atoms with Crippen molar-refractivity contribution >= 4 is 39.7 Å². The topological polar surface area (TPSA) is 46.4 Å². The monoisotopic (exact) mass is 397 g/mol. The molecule has 0 aliphatic rings. The number of halogens is 1. The van der Waals surface area contributed by atoms with Crippen LogP contribution in [0.1, 0.15) is 15.4 Å². The zero-order chi connectivity index (χ0) is 19.0. The number of thiazole rings is 1. The first-order chi connectivity index (χ1) is 13.1. The van der Waals surface area contributed by atoms with Crippen LogP contribution in [0.2, 0.25) is 0 Å². The lowest BCUT2D eigenvalue weighted by atomic mass is 10.2. The zero-order valence-corrected chi connectivity index (χ0v) is 16.3. The summed E-state index contributed by atoms with van der Waals surface area (Å²) in [7, 11) is 0. The first kappa shape index (κ1) is 17.8. The summed E-state index contributed by atoms with van der Waals surface area (Å²) in [6, 6.07) is 13.9. The number of amides is 1. The van der Waals surface area contributed by atoms with E-state index in [4.69, 9.17) is 0 Å². The van der Waals surface area contributed by atoms with Crippen molar-refractivity contribution in [1.82, 2.24) is 9.38 Å². The molecule has 0 atom stereocenters. The van der Waals surface area contributed by atoms with Gasteiger partial charge >= 0.3 is 0 Å². The Kier molecular flexibility index (Phi) is 4.72. The highest BCUT2D eigenvalue weighted by Crippen LogP contribution is 2.29. The lowest BCUT2D eigenvalue weighted by Gasteiger charge is -2.08. The van der Waals surface area contributed by atoms with Gasteiger partial charge in [0.25, 0.3) is 5.91 Å². The summed E-state index contributed by atoms with van der Waals surface area (Å²) in [4.78, 5) is 19.7. The van der Waals surface area contributed by atoms with Crippen molar-refractivity contribution in [2.24, 2.45) is 0 Å². The molecule has 4 aromatic rings. The smallest absolute Gasteiger partial charge is 0.267 e. The van der Waals surface area contributed by atoms with Crippen LogP contribution < -0.4 is 5.32 Å². The number of rotatable bonds is 4. The average molecular weight is 398 g/mol. The predicted molar refractivity (Wildman–Crippen MR) is 109 cm³/mol. The van der Waals surface area contributed by atoms with Crippen LogP contribution in [0.25, 0.3) is 16.2 Å². The van der Waals surface area contributed by atoms with Crippen LogP contribution in [0, 0.1) is 12.7 Å². The first-order valence-electron chi connectivity index (χ1n) is 8.25. The third-order valence-corrected chi connectivity index (χ3v) is 6.21. The van der Waals surface area contributed by atoms with E-state index in [1.54, 1.807) is 23.9 Å². The molecule has 2 aromatic heterocycles. The number of anilines is 1. The van der Waals surface area contributed by atoms with Crippen LogP contribution >= 0.6 is 23.1 Å². The maximum absolute atomic E-state index is 13.1. The Balaban J connectivity index is 1.65. The molecule has 0 bridgehead atoms. The molecule has 1 amide bonds. The van der Waals surface area contributed by atoms with Crippen molar-refractivity contribution < 1.29 is 9.18 Å². The van der Waals surface area contributed by atoms with Gasteiger partial charge in [-0.1, -0.05) is 23.5 Å². The highest BCUT2D eigenvalue weighted by molar-refractivity contribution is 7.98. The molecular formula is C20H16FN3OS2. The number of hydrogen-bond acceptors (Lipinski definition) is 4. The molecule has 27 heavy (non-hydrogen) atoms. The number of nitrogens with one attached hydrogen (secondary N) is 1. The van der Waals surface area contributed by atoms with Crippen LogP contribution in [-0.4, -0.2) is 21.5 Å². The van der Waals surface area contributed by atoms with Crippen molar-refractivity contribution in [3.05, 3.63) is 71.1 Å². The number of para-hydroxylation sites is 1. The fourth-order valence-electron chi connectivity index (χ4n) is 2.85. The SMILES string of the molecule is CSc1ccccc1NC(=O)c1sc2nc(-c3ccc(F)cc3)cn2c1C. The predicted octanol–water partition coefficient (Wildman–Crippen LogP) is 5.48. The van der Waals surface area contributed by atoms with Crippen molar-refractivity contribution in [3.8, 4) is 11.3 Å². The Morgan fingerprint density at radius 3 is 2.63 bits per heavy atom. The molecule has 136 valence electrons. The molecule has 0 aliphatic heterocycles. The Bertz CT molecular complexity index is 1130. The second-order valence-electron chi connectivity index (χ2n) is 5.96. The number of imidazole rings is 1. The van der Waals surface area contributed by atoms with E-state index >= 15 is 0 Å². The highest BCUT2D eigenvalue weighted by Gasteiger charge is 2.19. The molecule has 2 aromatic carbocycles. The number of thioether (sulfide) groups is 1. The van der Waals surface area contributed by atoms with E-state index in [9.17, 15) is 9.18 Å². The van der Waals surface area contributed by atoms with Crippen molar-refractivity contribution in [3.63, 3.8) is 0 Å². The van der Waals surface area contributed by atoms with Gasteiger partial charge < -0.3 is 5.32 Å². The maximum atomic E-state index is 13.1. The second kappa shape index (κ2) is 7.17. The largest absolute Gasteiger partial charge is 0.320 e. The molecule has 0 saturated heterocycles.